The smallest absolute Gasteiger partial charge is 0.239 e. The average Bonchev–Trinajstić information content (AvgIpc) is 2.15. The first-order chi connectivity index (χ1) is 5.84. The molecule has 5 heteroatoms. The van der Waals surface area contributed by atoms with Gasteiger partial charge in [0.25, 0.3) is 0 Å². The van der Waals surface area contributed by atoms with Crippen LogP contribution in [0.1, 0.15) is 0 Å². The molecule has 12 heavy (non-hydrogen) atoms. The Morgan fingerprint density at radius 2 is 2.58 bits per heavy atom. The maximum atomic E-state index is 11.2. The molecule has 4 N–H and O–H groups in total. The summed E-state index contributed by atoms with van der Waals surface area (Å²) in [6.45, 7) is 2.87. The van der Waals surface area contributed by atoms with Gasteiger partial charge in [0, 0.05) is 19.6 Å². The molecule has 1 amide bonds. The molecule has 0 saturated carbocycles. The van der Waals surface area contributed by atoms with E-state index >= 15 is 0 Å². The molecular weight excluding hydrogens is 158 g/mol. The zero-order valence-electron chi connectivity index (χ0n) is 7.01. The predicted octanol–water partition coefficient (Wildman–Crippen LogP) is -1.95. The molecule has 70 valence electrons. The molecule has 1 aliphatic rings. The van der Waals surface area contributed by atoms with Crippen molar-refractivity contribution in [2.24, 2.45) is 5.73 Å². The maximum Gasteiger partial charge on any atom is 0.239 e. The van der Waals surface area contributed by atoms with E-state index in [1.54, 1.807) is 0 Å². The Kier molecular flexibility index (Phi) is 3.99. The molecule has 0 radical (unpaired) electrons. The van der Waals surface area contributed by atoms with Crippen molar-refractivity contribution in [3.63, 3.8) is 0 Å². The highest BCUT2D eigenvalue weighted by Crippen LogP contribution is 1.91. The number of hydrogen-bond donors (Lipinski definition) is 3. The van der Waals surface area contributed by atoms with Crippen LogP contribution in [0.2, 0.25) is 0 Å². The normalized spacial score (nSPS) is 23.6. The van der Waals surface area contributed by atoms with Crippen molar-refractivity contribution in [3.8, 4) is 0 Å². The number of carbonyl (C=O) groups excluding carboxylic acids is 1. The molecular formula is C7H15N3O2. The van der Waals surface area contributed by atoms with Crippen LogP contribution in [0.4, 0.5) is 0 Å². The SMILES string of the molecule is NCCNC(=O)[C@H]1COCCN1. The molecule has 0 spiro atoms. The van der Waals surface area contributed by atoms with Crippen LogP contribution in [-0.2, 0) is 9.53 Å². The predicted molar refractivity (Wildman–Crippen MR) is 44.7 cm³/mol. The Bertz CT molecular complexity index is 146. The lowest BCUT2D eigenvalue weighted by Gasteiger charge is -2.22. The van der Waals surface area contributed by atoms with Gasteiger partial charge in [-0.2, -0.15) is 0 Å². The average molecular weight is 173 g/mol. The Labute approximate surface area is 71.6 Å². The highest BCUT2D eigenvalue weighted by Gasteiger charge is 2.19. The molecule has 5 nitrogen and oxygen atoms in total. The number of nitrogens with two attached hydrogens (primary N) is 1. The van der Waals surface area contributed by atoms with Crippen molar-refractivity contribution in [1.82, 2.24) is 10.6 Å². The van der Waals surface area contributed by atoms with Crippen molar-refractivity contribution in [2.45, 2.75) is 6.04 Å². The van der Waals surface area contributed by atoms with Gasteiger partial charge in [0.15, 0.2) is 0 Å². The number of ether oxygens (including phenoxy) is 1. The first kappa shape index (κ1) is 9.44. The fraction of sp³-hybridized carbons (Fsp3) is 0.857. The van der Waals surface area contributed by atoms with Gasteiger partial charge in [-0.1, -0.05) is 0 Å². The zero-order valence-corrected chi connectivity index (χ0v) is 7.01. The van der Waals surface area contributed by atoms with Crippen LogP contribution in [0, 0.1) is 0 Å². The van der Waals surface area contributed by atoms with Gasteiger partial charge in [-0.25, -0.2) is 0 Å². The quantitative estimate of drug-likeness (QED) is 0.463. The minimum atomic E-state index is -0.203. The van der Waals surface area contributed by atoms with Crippen LogP contribution < -0.4 is 16.4 Å². The standard InChI is InChI=1S/C7H15N3O2/c8-1-2-10-7(11)6-5-12-4-3-9-6/h6,9H,1-5,8H2,(H,10,11)/t6-/m1/s1. The Hall–Kier alpha value is -0.650. The summed E-state index contributed by atoms with van der Waals surface area (Å²) in [7, 11) is 0. The molecule has 1 rings (SSSR count). The van der Waals surface area contributed by atoms with E-state index in [-0.39, 0.29) is 11.9 Å². The minimum Gasteiger partial charge on any atom is -0.378 e. The maximum absolute atomic E-state index is 11.2. The molecule has 1 aliphatic heterocycles. The number of nitrogens with one attached hydrogen (secondary N) is 2. The fourth-order valence-electron chi connectivity index (χ4n) is 1.05. The van der Waals surface area contributed by atoms with Crippen molar-refractivity contribution in [3.05, 3.63) is 0 Å². The summed E-state index contributed by atoms with van der Waals surface area (Å²) in [6, 6.07) is -0.203. The molecule has 1 saturated heterocycles. The van der Waals surface area contributed by atoms with E-state index < -0.39 is 0 Å². The summed E-state index contributed by atoms with van der Waals surface area (Å²) in [5.41, 5.74) is 5.24. The number of amides is 1. The highest BCUT2D eigenvalue weighted by molar-refractivity contribution is 5.81. The lowest BCUT2D eigenvalue weighted by Crippen LogP contribution is -2.51. The minimum absolute atomic E-state index is 0.0276. The molecule has 0 aliphatic carbocycles. The number of morpholine rings is 1. The second-order valence-corrected chi connectivity index (χ2v) is 2.66. The Balaban J connectivity index is 2.20. The van der Waals surface area contributed by atoms with Gasteiger partial charge in [-0.3, -0.25) is 4.79 Å². The molecule has 0 bridgehead atoms. The van der Waals surface area contributed by atoms with Gasteiger partial charge in [-0.05, 0) is 0 Å². The third-order valence-corrected chi connectivity index (χ3v) is 1.68. The van der Waals surface area contributed by atoms with Gasteiger partial charge < -0.3 is 21.1 Å². The van der Waals surface area contributed by atoms with Crippen LogP contribution >= 0.6 is 0 Å². The van der Waals surface area contributed by atoms with E-state index in [1.165, 1.54) is 0 Å². The summed E-state index contributed by atoms with van der Waals surface area (Å²) in [5, 5.41) is 5.75. The van der Waals surface area contributed by atoms with Crippen LogP contribution in [0.15, 0.2) is 0 Å². The van der Waals surface area contributed by atoms with Crippen LogP contribution in [-0.4, -0.2) is 44.8 Å². The van der Waals surface area contributed by atoms with E-state index in [1.807, 2.05) is 0 Å². The van der Waals surface area contributed by atoms with E-state index in [0.29, 0.717) is 26.3 Å². The lowest BCUT2D eigenvalue weighted by atomic mass is 10.2. The van der Waals surface area contributed by atoms with E-state index in [9.17, 15) is 4.79 Å². The summed E-state index contributed by atoms with van der Waals surface area (Å²) in [5.74, 6) is -0.0276. The lowest BCUT2D eigenvalue weighted by molar-refractivity contribution is -0.125. The second-order valence-electron chi connectivity index (χ2n) is 2.66. The molecule has 1 fully saturated rings. The first-order valence-electron chi connectivity index (χ1n) is 4.13. The number of rotatable bonds is 3. The first-order valence-corrected chi connectivity index (χ1v) is 4.13. The van der Waals surface area contributed by atoms with E-state index in [2.05, 4.69) is 10.6 Å². The van der Waals surface area contributed by atoms with E-state index in [0.717, 1.165) is 6.54 Å². The van der Waals surface area contributed by atoms with Gasteiger partial charge in [0.1, 0.15) is 6.04 Å². The second kappa shape index (κ2) is 5.08. The summed E-state index contributed by atoms with van der Waals surface area (Å²) >= 11 is 0. The highest BCUT2D eigenvalue weighted by atomic mass is 16.5. The van der Waals surface area contributed by atoms with Crippen molar-refractivity contribution >= 4 is 5.91 Å². The van der Waals surface area contributed by atoms with Crippen molar-refractivity contribution in [2.75, 3.05) is 32.8 Å². The Morgan fingerprint density at radius 3 is 3.17 bits per heavy atom. The third-order valence-electron chi connectivity index (χ3n) is 1.68. The third kappa shape index (κ3) is 2.77. The van der Waals surface area contributed by atoms with Crippen molar-refractivity contribution < 1.29 is 9.53 Å². The van der Waals surface area contributed by atoms with Gasteiger partial charge in [-0.15, -0.1) is 0 Å². The molecule has 1 heterocycles. The topological polar surface area (TPSA) is 76.4 Å². The van der Waals surface area contributed by atoms with Crippen molar-refractivity contribution in [1.29, 1.82) is 0 Å². The van der Waals surface area contributed by atoms with Gasteiger partial charge in [0.2, 0.25) is 5.91 Å². The number of hydrogen-bond acceptors (Lipinski definition) is 4. The number of carbonyl (C=O) groups is 1. The van der Waals surface area contributed by atoms with E-state index in [4.69, 9.17) is 10.5 Å². The largest absolute Gasteiger partial charge is 0.378 e. The molecule has 0 unspecified atom stereocenters. The fourth-order valence-corrected chi connectivity index (χ4v) is 1.05. The van der Waals surface area contributed by atoms with Crippen LogP contribution in [0.3, 0.4) is 0 Å². The molecule has 0 aromatic carbocycles. The zero-order chi connectivity index (χ0) is 8.81. The monoisotopic (exact) mass is 173 g/mol. The summed E-state index contributed by atoms with van der Waals surface area (Å²) in [4.78, 5) is 11.2. The summed E-state index contributed by atoms with van der Waals surface area (Å²) < 4.78 is 5.13. The van der Waals surface area contributed by atoms with Gasteiger partial charge >= 0.3 is 0 Å². The van der Waals surface area contributed by atoms with Gasteiger partial charge in [0.05, 0.1) is 13.2 Å². The summed E-state index contributed by atoms with van der Waals surface area (Å²) in [6.07, 6.45) is 0. The Morgan fingerprint density at radius 1 is 1.75 bits per heavy atom. The molecule has 0 aromatic rings. The molecule has 1 atom stereocenters. The molecule has 0 aromatic heterocycles. The van der Waals surface area contributed by atoms with Crippen LogP contribution in [0.25, 0.3) is 0 Å². The van der Waals surface area contributed by atoms with Crippen LogP contribution in [0.5, 0.6) is 0 Å².